The number of hydrogen-bond acceptors (Lipinski definition) is 6. The van der Waals surface area contributed by atoms with Crippen molar-refractivity contribution in [3.8, 4) is 5.75 Å². The van der Waals surface area contributed by atoms with Crippen molar-refractivity contribution in [2.45, 2.75) is 26.7 Å². The van der Waals surface area contributed by atoms with Crippen molar-refractivity contribution in [2.24, 2.45) is 0 Å². The lowest BCUT2D eigenvalue weighted by molar-refractivity contribution is 0.0948. The fraction of sp³-hybridized carbons (Fsp3) is 0.250. The summed E-state index contributed by atoms with van der Waals surface area (Å²) < 4.78 is 6.79. The van der Waals surface area contributed by atoms with Crippen LogP contribution in [0.15, 0.2) is 48.5 Å². The minimum Gasteiger partial charge on any atom is -0.494 e. The van der Waals surface area contributed by atoms with Crippen molar-refractivity contribution in [2.75, 3.05) is 17.7 Å². The van der Waals surface area contributed by atoms with Crippen molar-refractivity contribution < 1.29 is 9.53 Å². The van der Waals surface area contributed by atoms with Gasteiger partial charge in [0.2, 0.25) is 11.9 Å². The van der Waals surface area contributed by atoms with Gasteiger partial charge in [-0.25, -0.2) is 0 Å². The predicted octanol–water partition coefficient (Wildman–Crippen LogP) is 3.78. The number of rotatable bonds is 7. The lowest BCUT2D eigenvalue weighted by Gasteiger charge is -2.07. The first-order chi connectivity index (χ1) is 13.1. The van der Waals surface area contributed by atoms with Gasteiger partial charge in [-0.1, -0.05) is 37.1 Å². The summed E-state index contributed by atoms with van der Waals surface area (Å²) in [6, 6.07) is 14.7. The summed E-state index contributed by atoms with van der Waals surface area (Å²) in [6.07, 6.45) is 2.08. The lowest BCUT2D eigenvalue weighted by atomic mass is 10.1. The Morgan fingerprint density at radius 3 is 2.74 bits per heavy atom. The first-order valence-electron chi connectivity index (χ1n) is 8.90. The number of aromatic nitrogens is 3. The summed E-state index contributed by atoms with van der Waals surface area (Å²) in [7, 11) is 0. The van der Waals surface area contributed by atoms with Crippen LogP contribution in [0.1, 0.15) is 35.7 Å². The molecule has 1 aromatic heterocycles. The van der Waals surface area contributed by atoms with Gasteiger partial charge in [-0.05, 0) is 37.6 Å². The van der Waals surface area contributed by atoms with Crippen molar-refractivity contribution in [3.05, 3.63) is 59.7 Å². The molecule has 2 aromatic carbocycles. The summed E-state index contributed by atoms with van der Waals surface area (Å²) in [5.41, 5.74) is 8.20. The van der Waals surface area contributed by atoms with Crippen LogP contribution in [0.25, 0.3) is 0 Å². The molecule has 3 rings (SSSR count). The molecule has 7 heteroatoms. The van der Waals surface area contributed by atoms with Gasteiger partial charge >= 0.3 is 0 Å². The molecule has 0 saturated heterocycles. The van der Waals surface area contributed by atoms with Crippen LogP contribution in [-0.4, -0.2) is 27.3 Å². The fourth-order valence-corrected chi connectivity index (χ4v) is 2.47. The molecular weight excluding hydrogens is 342 g/mol. The van der Waals surface area contributed by atoms with Gasteiger partial charge in [-0.3, -0.25) is 4.79 Å². The van der Waals surface area contributed by atoms with Gasteiger partial charge in [-0.15, -0.1) is 5.10 Å². The number of ether oxygens (including phenoxy) is 1. The first kappa shape index (κ1) is 18.4. The number of aryl methyl sites for hydroxylation is 1. The number of nitrogens with zero attached hydrogens (tertiary/aromatic N) is 3. The summed E-state index contributed by atoms with van der Waals surface area (Å²) >= 11 is 0. The lowest BCUT2D eigenvalue weighted by Crippen LogP contribution is -2.16. The molecule has 0 unspecified atom stereocenters. The summed E-state index contributed by atoms with van der Waals surface area (Å²) in [4.78, 5) is 16.7. The van der Waals surface area contributed by atoms with E-state index in [1.807, 2.05) is 43.3 Å². The number of carbonyl (C=O) groups excluding carboxylic acids is 1. The number of carbonyl (C=O) groups is 1. The Morgan fingerprint density at radius 1 is 1.22 bits per heavy atom. The molecule has 0 aliphatic rings. The van der Waals surface area contributed by atoms with Crippen LogP contribution in [0.2, 0.25) is 0 Å². The maximum atomic E-state index is 12.6. The Balaban J connectivity index is 1.74. The van der Waals surface area contributed by atoms with Crippen molar-refractivity contribution in [1.82, 2.24) is 14.8 Å². The van der Waals surface area contributed by atoms with Gasteiger partial charge in [-0.2, -0.15) is 9.67 Å². The molecule has 3 aromatic rings. The van der Waals surface area contributed by atoms with Gasteiger partial charge in [0.15, 0.2) is 0 Å². The van der Waals surface area contributed by atoms with Gasteiger partial charge in [0.1, 0.15) is 5.75 Å². The zero-order valence-electron chi connectivity index (χ0n) is 15.5. The van der Waals surface area contributed by atoms with E-state index in [-0.39, 0.29) is 17.8 Å². The van der Waals surface area contributed by atoms with E-state index < -0.39 is 0 Å². The Kier molecular flexibility index (Phi) is 5.71. The third-order valence-electron chi connectivity index (χ3n) is 3.98. The van der Waals surface area contributed by atoms with E-state index in [1.165, 1.54) is 0 Å². The van der Waals surface area contributed by atoms with Crippen LogP contribution in [0.3, 0.4) is 0 Å². The Labute approximate surface area is 158 Å². The van der Waals surface area contributed by atoms with E-state index in [0.717, 1.165) is 34.5 Å². The average Bonchev–Trinajstić information content (AvgIpc) is 3.02. The molecule has 7 nitrogen and oxygen atoms in total. The smallest absolute Gasteiger partial charge is 0.281 e. The largest absolute Gasteiger partial charge is 0.494 e. The summed E-state index contributed by atoms with van der Waals surface area (Å²) in [5.74, 6) is 0.707. The number of benzene rings is 2. The summed E-state index contributed by atoms with van der Waals surface area (Å²) in [5, 5.41) is 7.24. The highest BCUT2D eigenvalue weighted by Crippen LogP contribution is 2.21. The molecule has 140 valence electrons. The molecule has 0 saturated carbocycles. The molecule has 3 N–H and O–H groups in total. The number of unbranched alkanes of at least 4 members (excludes halogenated alkanes) is 1. The molecule has 0 fully saturated rings. The van der Waals surface area contributed by atoms with Crippen LogP contribution >= 0.6 is 0 Å². The van der Waals surface area contributed by atoms with Gasteiger partial charge in [0.25, 0.3) is 5.91 Å². The number of nitrogens with one attached hydrogen (secondary N) is 1. The number of nitrogens with two attached hydrogens (primary N) is 1. The normalized spacial score (nSPS) is 10.6. The summed E-state index contributed by atoms with van der Waals surface area (Å²) in [6.45, 7) is 4.75. The van der Waals surface area contributed by atoms with E-state index in [4.69, 9.17) is 10.5 Å². The van der Waals surface area contributed by atoms with Crippen LogP contribution in [0, 0.1) is 6.92 Å². The second-order valence-electron chi connectivity index (χ2n) is 6.23. The minimum absolute atomic E-state index is 0.0263. The number of nitrogen functional groups attached to an aromatic ring is 1. The maximum Gasteiger partial charge on any atom is 0.281 e. The Morgan fingerprint density at radius 2 is 2.00 bits per heavy atom. The molecule has 0 bridgehead atoms. The molecule has 0 spiro atoms. The van der Waals surface area contributed by atoms with Crippen LogP contribution in [0.5, 0.6) is 5.75 Å². The third-order valence-corrected chi connectivity index (χ3v) is 3.98. The minimum atomic E-state index is -0.329. The third kappa shape index (κ3) is 4.63. The number of anilines is 3. The van der Waals surface area contributed by atoms with Crippen molar-refractivity contribution in [3.63, 3.8) is 0 Å². The molecule has 1 heterocycles. The second-order valence-corrected chi connectivity index (χ2v) is 6.23. The highest BCUT2D eigenvalue weighted by atomic mass is 16.5. The zero-order valence-corrected chi connectivity index (χ0v) is 15.5. The van der Waals surface area contributed by atoms with E-state index in [0.29, 0.717) is 12.2 Å². The highest BCUT2D eigenvalue weighted by molar-refractivity contribution is 5.96. The standard InChI is InChI=1S/C20H23N5O2/c1-3-4-12-27-17-7-5-6-16(13-17)22-20-23-19(21)25(24-20)18(26)15-10-8-14(2)9-11-15/h5-11,13H,3-4,12H2,1-2H3,(H3,21,22,23,24). The van der Waals surface area contributed by atoms with Crippen LogP contribution in [0.4, 0.5) is 17.6 Å². The Bertz CT molecular complexity index is 918. The van der Waals surface area contributed by atoms with E-state index in [2.05, 4.69) is 22.3 Å². The number of hydrogen-bond donors (Lipinski definition) is 2. The molecule has 0 aliphatic carbocycles. The fourth-order valence-electron chi connectivity index (χ4n) is 2.47. The SMILES string of the molecule is CCCCOc1cccc(Nc2nc(N)n(C(=O)c3ccc(C)cc3)n2)c1. The van der Waals surface area contributed by atoms with E-state index >= 15 is 0 Å². The maximum absolute atomic E-state index is 12.6. The molecule has 0 radical (unpaired) electrons. The van der Waals surface area contributed by atoms with Gasteiger partial charge in [0.05, 0.1) is 6.61 Å². The van der Waals surface area contributed by atoms with Gasteiger partial charge in [0, 0.05) is 17.3 Å². The Hall–Kier alpha value is -3.35. The van der Waals surface area contributed by atoms with E-state index in [9.17, 15) is 4.79 Å². The zero-order chi connectivity index (χ0) is 19.2. The van der Waals surface area contributed by atoms with Crippen LogP contribution < -0.4 is 15.8 Å². The van der Waals surface area contributed by atoms with Crippen LogP contribution in [-0.2, 0) is 0 Å². The quantitative estimate of drug-likeness (QED) is 0.619. The monoisotopic (exact) mass is 365 g/mol. The predicted molar refractivity (Wildman–Crippen MR) is 105 cm³/mol. The molecule has 0 atom stereocenters. The average molecular weight is 365 g/mol. The molecule has 0 amide bonds. The highest BCUT2D eigenvalue weighted by Gasteiger charge is 2.16. The van der Waals surface area contributed by atoms with Gasteiger partial charge < -0.3 is 15.8 Å². The molecular formula is C20H23N5O2. The topological polar surface area (TPSA) is 95.1 Å². The molecule has 0 aliphatic heterocycles. The molecule has 27 heavy (non-hydrogen) atoms. The first-order valence-corrected chi connectivity index (χ1v) is 8.90. The van der Waals surface area contributed by atoms with E-state index in [1.54, 1.807) is 12.1 Å². The van der Waals surface area contributed by atoms with Crippen molar-refractivity contribution >= 4 is 23.5 Å². The second kappa shape index (κ2) is 8.35. The van der Waals surface area contributed by atoms with Crippen molar-refractivity contribution in [1.29, 1.82) is 0 Å².